The zero-order valence-electron chi connectivity index (χ0n) is 14.5. The average Bonchev–Trinajstić information content (AvgIpc) is 3.17. The summed E-state index contributed by atoms with van der Waals surface area (Å²) in [5, 5.41) is 8.18. The van der Waals surface area contributed by atoms with E-state index in [1.54, 1.807) is 0 Å². The minimum absolute atomic E-state index is 0. The van der Waals surface area contributed by atoms with E-state index in [0.717, 1.165) is 31.4 Å². The minimum atomic E-state index is 0. The van der Waals surface area contributed by atoms with Gasteiger partial charge < -0.3 is 20.5 Å². The Bertz CT molecular complexity index is 666. The second-order valence-corrected chi connectivity index (χ2v) is 6.41. The smallest absolute Gasteiger partial charge is 0.190 e. The number of nitrogens with zero attached hydrogens (tertiary/aromatic N) is 2. The van der Waals surface area contributed by atoms with Gasteiger partial charge in [-0.3, -0.25) is 4.99 Å². The topological polar surface area (TPSA) is 55.5 Å². The van der Waals surface area contributed by atoms with Crippen molar-refractivity contribution in [2.45, 2.75) is 12.8 Å². The van der Waals surface area contributed by atoms with Crippen molar-refractivity contribution in [3.05, 3.63) is 36.0 Å². The lowest BCUT2D eigenvalue weighted by atomic mass is 10.1. The number of para-hydroxylation sites is 1. The van der Waals surface area contributed by atoms with Crippen LogP contribution in [-0.2, 0) is 6.42 Å². The van der Waals surface area contributed by atoms with Gasteiger partial charge in [-0.15, -0.1) is 24.0 Å². The van der Waals surface area contributed by atoms with Crippen molar-refractivity contribution in [3.63, 3.8) is 0 Å². The lowest BCUT2D eigenvalue weighted by Crippen LogP contribution is -2.40. The molecule has 0 bridgehead atoms. The first-order valence-corrected chi connectivity index (χ1v) is 8.44. The van der Waals surface area contributed by atoms with E-state index in [2.05, 4.69) is 63.0 Å². The molecule has 1 aliphatic heterocycles. The van der Waals surface area contributed by atoms with Crippen molar-refractivity contribution in [2.24, 2.45) is 10.9 Å². The summed E-state index contributed by atoms with van der Waals surface area (Å²) in [6.07, 6.45) is 4.36. The molecular weight excluding hydrogens is 413 g/mol. The van der Waals surface area contributed by atoms with E-state index in [9.17, 15) is 0 Å². The van der Waals surface area contributed by atoms with Gasteiger partial charge in [0.25, 0.3) is 0 Å². The summed E-state index contributed by atoms with van der Waals surface area (Å²) in [6, 6.07) is 8.44. The number of aliphatic imine (C=N–C) groups is 1. The van der Waals surface area contributed by atoms with Gasteiger partial charge in [0.2, 0.25) is 0 Å². The lowest BCUT2D eigenvalue weighted by Gasteiger charge is -2.15. The van der Waals surface area contributed by atoms with Crippen LogP contribution in [0.1, 0.15) is 12.0 Å². The number of nitrogens with one attached hydrogen (secondary N) is 3. The molecular formula is C18H28IN5. The molecule has 24 heavy (non-hydrogen) atoms. The molecule has 2 heterocycles. The second-order valence-electron chi connectivity index (χ2n) is 6.41. The van der Waals surface area contributed by atoms with Crippen LogP contribution in [0.3, 0.4) is 0 Å². The number of aromatic amines is 1. The van der Waals surface area contributed by atoms with E-state index in [1.807, 2.05) is 7.05 Å². The van der Waals surface area contributed by atoms with Crippen molar-refractivity contribution >= 4 is 40.8 Å². The van der Waals surface area contributed by atoms with Crippen LogP contribution in [0.25, 0.3) is 10.9 Å². The number of guanidine groups is 1. The summed E-state index contributed by atoms with van der Waals surface area (Å²) in [7, 11) is 4.02. The first-order valence-electron chi connectivity index (χ1n) is 8.44. The van der Waals surface area contributed by atoms with E-state index >= 15 is 0 Å². The molecule has 1 aromatic heterocycles. The number of aromatic nitrogens is 1. The van der Waals surface area contributed by atoms with Crippen LogP contribution in [0.4, 0.5) is 0 Å². The second kappa shape index (κ2) is 9.27. The third kappa shape index (κ3) is 4.86. The molecule has 3 N–H and O–H groups in total. The van der Waals surface area contributed by atoms with Crippen molar-refractivity contribution in [3.8, 4) is 0 Å². The molecule has 1 aromatic carbocycles. The Morgan fingerprint density at radius 1 is 1.33 bits per heavy atom. The molecule has 5 nitrogen and oxygen atoms in total. The maximum atomic E-state index is 4.32. The van der Waals surface area contributed by atoms with Crippen molar-refractivity contribution in [2.75, 3.05) is 40.3 Å². The number of hydrogen-bond acceptors (Lipinski definition) is 2. The van der Waals surface area contributed by atoms with Crippen LogP contribution >= 0.6 is 24.0 Å². The molecule has 1 aliphatic rings. The highest BCUT2D eigenvalue weighted by atomic mass is 127. The van der Waals surface area contributed by atoms with Gasteiger partial charge in [0, 0.05) is 43.8 Å². The molecule has 132 valence electrons. The molecule has 0 spiro atoms. The predicted octanol–water partition coefficient (Wildman–Crippen LogP) is 2.45. The first kappa shape index (κ1) is 19.1. The maximum absolute atomic E-state index is 4.32. The highest BCUT2D eigenvalue weighted by Gasteiger charge is 2.19. The van der Waals surface area contributed by atoms with Crippen molar-refractivity contribution in [1.29, 1.82) is 0 Å². The SMILES string of the molecule is CN=C(NCCc1c[nH]c2ccccc12)NCC1CCN(C)C1.I. The number of H-pyrrole nitrogens is 1. The normalized spacial score (nSPS) is 18.6. The molecule has 0 aliphatic carbocycles. The van der Waals surface area contributed by atoms with Gasteiger partial charge in [0.1, 0.15) is 0 Å². The number of fused-ring (bicyclic) bond motifs is 1. The zero-order chi connectivity index (χ0) is 16.1. The monoisotopic (exact) mass is 441 g/mol. The fraction of sp³-hybridized carbons (Fsp3) is 0.500. The van der Waals surface area contributed by atoms with Crippen molar-refractivity contribution < 1.29 is 0 Å². The highest BCUT2D eigenvalue weighted by molar-refractivity contribution is 14.0. The molecule has 2 aromatic rings. The number of hydrogen-bond donors (Lipinski definition) is 3. The van der Waals surface area contributed by atoms with E-state index in [0.29, 0.717) is 0 Å². The average molecular weight is 441 g/mol. The van der Waals surface area contributed by atoms with Crippen LogP contribution in [0.5, 0.6) is 0 Å². The molecule has 0 radical (unpaired) electrons. The zero-order valence-corrected chi connectivity index (χ0v) is 16.8. The van der Waals surface area contributed by atoms with Crippen LogP contribution in [0.15, 0.2) is 35.5 Å². The largest absolute Gasteiger partial charge is 0.361 e. The van der Waals surface area contributed by atoms with Gasteiger partial charge >= 0.3 is 0 Å². The molecule has 1 saturated heterocycles. The summed E-state index contributed by atoms with van der Waals surface area (Å²) in [6.45, 7) is 4.27. The number of likely N-dealkylation sites (tertiary alicyclic amines) is 1. The summed E-state index contributed by atoms with van der Waals surface area (Å²) < 4.78 is 0. The maximum Gasteiger partial charge on any atom is 0.190 e. The van der Waals surface area contributed by atoms with E-state index in [4.69, 9.17) is 0 Å². The van der Waals surface area contributed by atoms with Crippen LogP contribution < -0.4 is 10.6 Å². The Labute approximate surface area is 161 Å². The Morgan fingerprint density at radius 3 is 2.92 bits per heavy atom. The number of benzene rings is 1. The fourth-order valence-corrected chi connectivity index (χ4v) is 3.31. The molecule has 6 heteroatoms. The van der Waals surface area contributed by atoms with E-state index in [1.165, 1.54) is 36.0 Å². The summed E-state index contributed by atoms with van der Waals surface area (Å²) in [4.78, 5) is 10.0. The summed E-state index contributed by atoms with van der Waals surface area (Å²) in [5.41, 5.74) is 2.55. The predicted molar refractivity (Wildman–Crippen MR) is 112 cm³/mol. The van der Waals surface area contributed by atoms with Gasteiger partial charge in [-0.1, -0.05) is 18.2 Å². The van der Waals surface area contributed by atoms with E-state index in [-0.39, 0.29) is 24.0 Å². The number of halogens is 1. The summed E-state index contributed by atoms with van der Waals surface area (Å²) in [5.74, 6) is 1.63. The quantitative estimate of drug-likeness (QED) is 0.380. The molecule has 0 amide bonds. The van der Waals surface area contributed by atoms with E-state index < -0.39 is 0 Å². The molecule has 1 fully saturated rings. The van der Waals surface area contributed by atoms with Gasteiger partial charge in [-0.25, -0.2) is 0 Å². The molecule has 3 rings (SSSR count). The van der Waals surface area contributed by atoms with Crippen LogP contribution in [0, 0.1) is 5.92 Å². The van der Waals surface area contributed by atoms with Crippen molar-refractivity contribution in [1.82, 2.24) is 20.5 Å². The Balaban J connectivity index is 0.00000208. The summed E-state index contributed by atoms with van der Waals surface area (Å²) >= 11 is 0. The van der Waals surface area contributed by atoms with Gasteiger partial charge in [-0.05, 0) is 44.0 Å². The highest BCUT2D eigenvalue weighted by Crippen LogP contribution is 2.17. The van der Waals surface area contributed by atoms with Crippen LogP contribution in [-0.4, -0.2) is 56.1 Å². The van der Waals surface area contributed by atoms with Gasteiger partial charge in [0.15, 0.2) is 5.96 Å². The lowest BCUT2D eigenvalue weighted by molar-refractivity contribution is 0.394. The third-order valence-electron chi connectivity index (χ3n) is 4.63. The fourth-order valence-electron chi connectivity index (χ4n) is 3.31. The molecule has 1 atom stereocenters. The number of rotatable bonds is 5. The standard InChI is InChI=1S/C18H27N5.HI/c1-19-18(22-11-14-8-10-23(2)13-14)20-9-7-15-12-21-17-6-4-3-5-16(15)17;/h3-6,12,14,21H,7-11,13H2,1-2H3,(H2,19,20,22);1H. The molecule has 1 unspecified atom stereocenters. The van der Waals surface area contributed by atoms with Gasteiger partial charge in [0.05, 0.1) is 0 Å². The first-order chi connectivity index (χ1) is 11.3. The third-order valence-corrected chi connectivity index (χ3v) is 4.63. The Hall–Kier alpha value is -1.28. The minimum Gasteiger partial charge on any atom is -0.361 e. The van der Waals surface area contributed by atoms with Crippen LogP contribution in [0.2, 0.25) is 0 Å². The van der Waals surface area contributed by atoms with Gasteiger partial charge in [-0.2, -0.15) is 0 Å². The Kier molecular flexibility index (Phi) is 7.36. The molecule has 0 saturated carbocycles. The Morgan fingerprint density at radius 2 is 2.17 bits per heavy atom.